The van der Waals surface area contributed by atoms with E-state index in [1.165, 1.54) is 40.0 Å². The fourth-order valence-electron chi connectivity index (χ4n) is 6.39. The Morgan fingerprint density at radius 3 is 2.72 bits per heavy atom. The fourth-order valence-corrected chi connectivity index (χ4v) is 6.39. The van der Waals surface area contributed by atoms with Crippen LogP contribution >= 0.6 is 0 Å². The van der Waals surface area contributed by atoms with Gasteiger partial charge in [0.1, 0.15) is 12.4 Å². The third kappa shape index (κ3) is 2.65. The average molecular weight is 427 g/mol. The van der Waals surface area contributed by atoms with E-state index >= 15 is 0 Å². The predicted octanol–water partition coefficient (Wildman–Crippen LogP) is 5.58. The normalized spacial score (nSPS) is 26.7. The number of ketones is 1. The molecule has 1 unspecified atom stereocenters. The molecule has 6 rings (SSSR count). The third-order valence-corrected chi connectivity index (χ3v) is 8.00. The van der Waals surface area contributed by atoms with Crippen molar-refractivity contribution in [1.29, 1.82) is 0 Å². The summed E-state index contributed by atoms with van der Waals surface area (Å²) in [4.78, 5) is 12.7. The Kier molecular flexibility index (Phi) is 4.30. The molecule has 164 valence electrons. The number of nitrogens with zero attached hydrogens (tertiary/aromatic N) is 2. The van der Waals surface area contributed by atoms with Crippen LogP contribution in [0.3, 0.4) is 0 Å². The molecule has 1 aromatic carbocycles. The van der Waals surface area contributed by atoms with Crippen molar-refractivity contribution >= 4 is 5.78 Å². The highest BCUT2D eigenvalue weighted by Crippen LogP contribution is 2.57. The molecule has 0 radical (unpaired) electrons. The minimum absolute atomic E-state index is 0.0903. The van der Waals surface area contributed by atoms with Crippen LogP contribution in [0.4, 0.5) is 0 Å². The largest absolute Gasteiger partial charge is 0.489 e. The highest BCUT2D eigenvalue weighted by atomic mass is 16.5. The van der Waals surface area contributed by atoms with Gasteiger partial charge in [-0.3, -0.25) is 14.8 Å². The van der Waals surface area contributed by atoms with Gasteiger partial charge >= 0.3 is 0 Å². The zero-order valence-electron chi connectivity index (χ0n) is 19.2. The number of carbonyl (C=O) groups is 1. The summed E-state index contributed by atoms with van der Waals surface area (Å²) in [5.74, 6) is 1.30. The molecule has 4 nitrogen and oxygen atoms in total. The van der Waals surface area contributed by atoms with Crippen molar-refractivity contribution in [3.05, 3.63) is 93.1 Å². The molecule has 0 saturated heterocycles. The second-order valence-electron chi connectivity index (χ2n) is 9.84. The average Bonchev–Trinajstić information content (AvgIpc) is 3.35. The van der Waals surface area contributed by atoms with E-state index in [1.54, 1.807) is 0 Å². The summed E-state index contributed by atoms with van der Waals surface area (Å²) < 4.78 is 6.50. The number of carbonyl (C=O) groups excluding carboxylic acids is 1. The van der Waals surface area contributed by atoms with Gasteiger partial charge in [-0.25, -0.2) is 0 Å². The number of ether oxygens (including phenoxy) is 1. The number of hydrazine groups is 1. The molecular formula is C28H30N2O2. The molecule has 0 saturated carbocycles. The van der Waals surface area contributed by atoms with Crippen LogP contribution in [0.1, 0.15) is 51.0 Å². The third-order valence-electron chi connectivity index (χ3n) is 8.00. The van der Waals surface area contributed by atoms with E-state index in [4.69, 9.17) is 4.74 Å². The lowest BCUT2D eigenvalue weighted by Crippen LogP contribution is -2.47. The second-order valence-corrected chi connectivity index (χ2v) is 9.84. The van der Waals surface area contributed by atoms with Gasteiger partial charge < -0.3 is 4.74 Å². The van der Waals surface area contributed by atoms with Gasteiger partial charge in [0.25, 0.3) is 0 Å². The molecule has 4 heteroatoms. The number of benzene rings is 1. The second kappa shape index (κ2) is 6.99. The van der Waals surface area contributed by atoms with E-state index in [9.17, 15) is 4.79 Å². The summed E-state index contributed by atoms with van der Waals surface area (Å²) in [5, 5.41) is 4.51. The van der Waals surface area contributed by atoms with Crippen LogP contribution in [-0.4, -0.2) is 29.9 Å². The Morgan fingerprint density at radius 1 is 1.09 bits per heavy atom. The van der Waals surface area contributed by atoms with Crippen molar-refractivity contribution in [3.8, 4) is 0 Å². The lowest BCUT2D eigenvalue weighted by atomic mass is 9.65. The van der Waals surface area contributed by atoms with Crippen LogP contribution in [0.25, 0.3) is 0 Å². The van der Waals surface area contributed by atoms with Crippen LogP contribution in [-0.2, 0) is 16.1 Å². The van der Waals surface area contributed by atoms with Crippen LogP contribution in [0.15, 0.2) is 87.5 Å². The van der Waals surface area contributed by atoms with Gasteiger partial charge in [0.15, 0.2) is 5.78 Å². The number of allylic oxidation sites excluding steroid dienone is 8. The fraction of sp³-hybridized carbons (Fsp3) is 0.393. The van der Waals surface area contributed by atoms with Gasteiger partial charge in [0.05, 0.1) is 11.4 Å². The van der Waals surface area contributed by atoms with Gasteiger partial charge in [-0.05, 0) is 56.2 Å². The van der Waals surface area contributed by atoms with E-state index in [0.29, 0.717) is 18.8 Å². The minimum atomic E-state index is -0.0903. The van der Waals surface area contributed by atoms with E-state index in [2.05, 4.69) is 67.5 Å². The Hall–Kier alpha value is -3.01. The van der Waals surface area contributed by atoms with Crippen LogP contribution in [0.2, 0.25) is 0 Å². The topological polar surface area (TPSA) is 32.8 Å². The quantitative estimate of drug-likeness (QED) is 0.632. The maximum absolute atomic E-state index is 12.7. The monoisotopic (exact) mass is 426 g/mol. The highest BCUT2D eigenvalue weighted by Gasteiger charge is 2.49. The first-order chi connectivity index (χ1) is 15.5. The Labute approximate surface area is 190 Å². The molecule has 1 aliphatic heterocycles. The maximum atomic E-state index is 12.7. The van der Waals surface area contributed by atoms with Crippen LogP contribution < -0.4 is 0 Å². The molecule has 0 spiro atoms. The van der Waals surface area contributed by atoms with Crippen molar-refractivity contribution < 1.29 is 9.53 Å². The molecule has 0 amide bonds. The molecule has 5 aliphatic rings. The van der Waals surface area contributed by atoms with Gasteiger partial charge in [0.2, 0.25) is 0 Å². The Bertz CT molecular complexity index is 1180. The summed E-state index contributed by atoms with van der Waals surface area (Å²) in [7, 11) is 4.26. The van der Waals surface area contributed by atoms with E-state index < -0.39 is 0 Å². The smallest absolute Gasteiger partial charge is 0.165 e. The van der Waals surface area contributed by atoms with Gasteiger partial charge in [-0.1, -0.05) is 42.0 Å². The number of Topliss-reactive ketones (excluding diaryl/α,β-unsaturated/α-hetero) is 1. The van der Waals surface area contributed by atoms with E-state index in [0.717, 1.165) is 42.7 Å². The number of hydrogen-bond acceptors (Lipinski definition) is 4. The van der Waals surface area contributed by atoms with Crippen molar-refractivity contribution in [2.75, 3.05) is 14.1 Å². The SMILES string of the molecule is CN1C2=C(CC3=C2C(=O)CC3)C2=C(N1C)C1(C)CCCC=C1C(OCc1ccccc1)=C2. The molecule has 0 N–H and O–H groups in total. The predicted molar refractivity (Wildman–Crippen MR) is 125 cm³/mol. The first kappa shape index (κ1) is 19.7. The lowest BCUT2D eigenvalue weighted by molar-refractivity contribution is -0.115. The Balaban J connectivity index is 1.48. The van der Waals surface area contributed by atoms with E-state index in [-0.39, 0.29) is 5.41 Å². The first-order valence-electron chi connectivity index (χ1n) is 11.8. The zero-order chi connectivity index (χ0) is 22.0. The van der Waals surface area contributed by atoms with Crippen molar-refractivity contribution in [3.63, 3.8) is 0 Å². The van der Waals surface area contributed by atoms with Gasteiger partial charge in [-0.2, -0.15) is 0 Å². The molecule has 0 bridgehead atoms. The molecule has 1 aromatic rings. The number of fused-ring (bicyclic) bond motifs is 4. The molecule has 0 fully saturated rings. The summed E-state index contributed by atoms with van der Waals surface area (Å²) in [6.07, 6.45) is 10.5. The molecule has 32 heavy (non-hydrogen) atoms. The van der Waals surface area contributed by atoms with E-state index in [1.807, 2.05) is 6.07 Å². The number of likely N-dealkylation sites (N-methyl/N-ethyl adjacent to an activating group) is 1. The van der Waals surface area contributed by atoms with Crippen molar-refractivity contribution in [2.24, 2.45) is 5.41 Å². The molecule has 0 aromatic heterocycles. The lowest BCUT2D eigenvalue weighted by Gasteiger charge is -2.51. The van der Waals surface area contributed by atoms with Crippen molar-refractivity contribution in [1.82, 2.24) is 10.0 Å². The molecular weight excluding hydrogens is 396 g/mol. The summed E-state index contributed by atoms with van der Waals surface area (Å²) >= 11 is 0. The molecule has 1 heterocycles. The Morgan fingerprint density at radius 2 is 1.91 bits per heavy atom. The number of rotatable bonds is 3. The van der Waals surface area contributed by atoms with Gasteiger partial charge in [-0.15, -0.1) is 0 Å². The molecule has 1 atom stereocenters. The summed E-state index contributed by atoms with van der Waals surface area (Å²) in [6, 6.07) is 10.4. The van der Waals surface area contributed by atoms with Crippen LogP contribution in [0, 0.1) is 5.41 Å². The molecule has 4 aliphatic carbocycles. The standard InChI is InChI=1S/C28H30N2O2/c1-28-14-8-7-11-22(28)24(32-17-18-9-5-4-6-10-18)16-21-20-15-19-12-13-23(31)25(19)26(20)29(2)30(3)27(21)28/h4-6,9-11,16H,7-8,12-15,17H2,1-3H3. The minimum Gasteiger partial charge on any atom is -0.489 e. The zero-order valence-corrected chi connectivity index (χ0v) is 19.2. The van der Waals surface area contributed by atoms with Crippen molar-refractivity contribution in [2.45, 2.75) is 52.1 Å². The summed E-state index contributed by atoms with van der Waals surface area (Å²) in [6.45, 7) is 2.95. The summed E-state index contributed by atoms with van der Waals surface area (Å²) in [5.41, 5.74) is 9.77. The van der Waals surface area contributed by atoms with Crippen LogP contribution in [0.5, 0.6) is 0 Å². The number of hydrogen-bond donors (Lipinski definition) is 0. The highest BCUT2D eigenvalue weighted by molar-refractivity contribution is 6.04. The van der Waals surface area contributed by atoms with Gasteiger partial charge in [0, 0.05) is 42.7 Å². The first-order valence-corrected chi connectivity index (χ1v) is 11.8. The maximum Gasteiger partial charge on any atom is 0.165 e.